The number of rotatable bonds is 8. The first-order chi connectivity index (χ1) is 13.9. The van der Waals surface area contributed by atoms with E-state index in [9.17, 15) is 9.59 Å². The van der Waals surface area contributed by atoms with Crippen molar-refractivity contribution in [2.24, 2.45) is 5.41 Å². The lowest BCUT2D eigenvalue weighted by atomic mass is 9.90. The standard InChI is InChI=1S/C23H28N4O2/c1-23(2,22(29)27(3)15-11-17-8-12-24-13-9-17)21(28)25-14-10-18-16-26-20-7-5-4-6-19(18)20/h4-9,12-13,16,26H,10-11,14-15H2,1-3H3,(H,25,28). The summed E-state index contributed by atoms with van der Waals surface area (Å²) in [5.41, 5.74) is 2.23. The zero-order valence-electron chi connectivity index (χ0n) is 17.2. The Kier molecular flexibility index (Phi) is 6.32. The van der Waals surface area contributed by atoms with Crippen LogP contribution in [0.4, 0.5) is 0 Å². The van der Waals surface area contributed by atoms with Crippen LogP contribution in [0.3, 0.4) is 0 Å². The molecule has 152 valence electrons. The topological polar surface area (TPSA) is 78.1 Å². The molecule has 0 unspecified atom stereocenters. The van der Waals surface area contributed by atoms with Crippen LogP contribution in [0.1, 0.15) is 25.0 Å². The zero-order valence-corrected chi connectivity index (χ0v) is 17.2. The molecule has 2 amide bonds. The molecule has 1 aromatic carbocycles. The molecule has 0 saturated carbocycles. The molecule has 6 heteroatoms. The van der Waals surface area contributed by atoms with Crippen LogP contribution in [0.2, 0.25) is 0 Å². The molecule has 0 bridgehead atoms. The minimum absolute atomic E-state index is 0.184. The third kappa shape index (κ3) is 4.83. The minimum Gasteiger partial charge on any atom is -0.361 e. The van der Waals surface area contributed by atoms with Gasteiger partial charge in [0, 0.05) is 49.6 Å². The monoisotopic (exact) mass is 392 g/mol. The third-order valence-corrected chi connectivity index (χ3v) is 5.29. The number of aromatic amines is 1. The molecule has 2 heterocycles. The predicted octanol–water partition coefficient (Wildman–Crippen LogP) is 2.95. The number of aromatic nitrogens is 2. The number of benzene rings is 1. The van der Waals surface area contributed by atoms with Crippen LogP contribution in [-0.2, 0) is 22.4 Å². The van der Waals surface area contributed by atoms with Crippen molar-refractivity contribution in [3.63, 3.8) is 0 Å². The molecule has 0 fully saturated rings. The predicted molar refractivity (Wildman–Crippen MR) is 114 cm³/mol. The third-order valence-electron chi connectivity index (χ3n) is 5.29. The number of hydrogen-bond acceptors (Lipinski definition) is 3. The highest BCUT2D eigenvalue weighted by Crippen LogP contribution is 2.20. The highest BCUT2D eigenvalue weighted by molar-refractivity contribution is 6.04. The van der Waals surface area contributed by atoms with E-state index in [1.165, 1.54) is 0 Å². The second-order valence-electron chi connectivity index (χ2n) is 7.82. The van der Waals surface area contributed by atoms with Crippen LogP contribution < -0.4 is 5.32 Å². The Morgan fingerprint density at radius 1 is 1.10 bits per heavy atom. The van der Waals surface area contributed by atoms with E-state index in [-0.39, 0.29) is 11.8 Å². The van der Waals surface area contributed by atoms with Gasteiger partial charge in [0.2, 0.25) is 11.8 Å². The van der Waals surface area contributed by atoms with Gasteiger partial charge in [0.25, 0.3) is 0 Å². The number of amides is 2. The first-order valence-corrected chi connectivity index (χ1v) is 9.87. The molecule has 0 aliphatic carbocycles. The molecule has 29 heavy (non-hydrogen) atoms. The highest BCUT2D eigenvalue weighted by atomic mass is 16.2. The molecule has 0 aliphatic rings. The van der Waals surface area contributed by atoms with E-state index >= 15 is 0 Å². The number of nitrogens with one attached hydrogen (secondary N) is 2. The van der Waals surface area contributed by atoms with E-state index < -0.39 is 5.41 Å². The second kappa shape index (κ2) is 8.90. The Hall–Kier alpha value is -3.15. The largest absolute Gasteiger partial charge is 0.361 e. The smallest absolute Gasteiger partial charge is 0.237 e. The van der Waals surface area contributed by atoms with E-state index in [0.717, 1.165) is 28.5 Å². The number of H-pyrrole nitrogens is 1. The average molecular weight is 393 g/mol. The Labute approximate surface area is 171 Å². The fourth-order valence-electron chi connectivity index (χ4n) is 3.39. The Morgan fingerprint density at radius 2 is 1.83 bits per heavy atom. The van der Waals surface area contributed by atoms with E-state index in [2.05, 4.69) is 21.4 Å². The van der Waals surface area contributed by atoms with E-state index in [4.69, 9.17) is 0 Å². The lowest BCUT2D eigenvalue weighted by Crippen LogP contribution is -2.49. The number of carbonyl (C=O) groups is 2. The van der Waals surface area contributed by atoms with Gasteiger partial charge in [-0.25, -0.2) is 0 Å². The molecule has 0 atom stereocenters. The van der Waals surface area contributed by atoms with Gasteiger partial charge in [-0.15, -0.1) is 0 Å². The van der Waals surface area contributed by atoms with Gasteiger partial charge in [-0.1, -0.05) is 18.2 Å². The van der Waals surface area contributed by atoms with Crippen LogP contribution in [0, 0.1) is 5.41 Å². The fourth-order valence-corrected chi connectivity index (χ4v) is 3.39. The number of nitrogens with zero attached hydrogens (tertiary/aromatic N) is 2. The maximum Gasteiger partial charge on any atom is 0.237 e. The second-order valence-corrected chi connectivity index (χ2v) is 7.82. The van der Waals surface area contributed by atoms with E-state index in [0.29, 0.717) is 19.5 Å². The molecule has 2 aromatic heterocycles. The van der Waals surface area contributed by atoms with Gasteiger partial charge < -0.3 is 15.2 Å². The van der Waals surface area contributed by atoms with Gasteiger partial charge >= 0.3 is 0 Å². The van der Waals surface area contributed by atoms with Crippen molar-refractivity contribution in [1.29, 1.82) is 0 Å². The average Bonchev–Trinajstić information content (AvgIpc) is 3.15. The van der Waals surface area contributed by atoms with Crippen LogP contribution in [0.25, 0.3) is 10.9 Å². The molecular weight excluding hydrogens is 364 g/mol. The maximum absolute atomic E-state index is 12.8. The quantitative estimate of drug-likeness (QED) is 0.579. The summed E-state index contributed by atoms with van der Waals surface area (Å²) in [6, 6.07) is 11.9. The van der Waals surface area contributed by atoms with Gasteiger partial charge in [-0.3, -0.25) is 14.6 Å². The molecule has 3 rings (SSSR count). The van der Waals surface area contributed by atoms with Crippen LogP contribution in [-0.4, -0.2) is 46.8 Å². The molecule has 2 N–H and O–H groups in total. The summed E-state index contributed by atoms with van der Waals surface area (Å²) in [5.74, 6) is -0.436. The van der Waals surface area contributed by atoms with E-state index in [1.807, 2.05) is 36.5 Å². The SMILES string of the molecule is CN(CCc1ccncc1)C(=O)C(C)(C)C(=O)NCCc1c[nH]c2ccccc12. The maximum atomic E-state index is 12.8. The normalized spacial score (nSPS) is 11.4. The van der Waals surface area contributed by atoms with Crippen molar-refractivity contribution in [2.75, 3.05) is 20.1 Å². The number of likely N-dealkylation sites (N-methyl/N-ethyl adjacent to an activating group) is 1. The van der Waals surface area contributed by atoms with Gasteiger partial charge in [0.1, 0.15) is 5.41 Å². The van der Waals surface area contributed by atoms with Crippen LogP contribution in [0.15, 0.2) is 55.0 Å². The van der Waals surface area contributed by atoms with Crippen molar-refractivity contribution in [3.05, 3.63) is 66.1 Å². The lowest BCUT2D eigenvalue weighted by molar-refractivity contribution is -0.147. The van der Waals surface area contributed by atoms with Crippen molar-refractivity contribution >= 4 is 22.7 Å². The number of fused-ring (bicyclic) bond motifs is 1. The summed E-state index contributed by atoms with van der Waals surface area (Å²) < 4.78 is 0. The summed E-state index contributed by atoms with van der Waals surface area (Å²) in [7, 11) is 1.74. The van der Waals surface area contributed by atoms with Crippen molar-refractivity contribution in [2.45, 2.75) is 26.7 Å². The number of pyridine rings is 1. The van der Waals surface area contributed by atoms with Gasteiger partial charge in [0.05, 0.1) is 0 Å². The first kappa shape index (κ1) is 20.6. The first-order valence-electron chi connectivity index (χ1n) is 9.87. The molecule has 6 nitrogen and oxygen atoms in total. The van der Waals surface area contributed by atoms with Crippen LogP contribution >= 0.6 is 0 Å². The minimum atomic E-state index is -1.12. The summed E-state index contributed by atoms with van der Waals surface area (Å²) in [4.78, 5) is 34.4. The van der Waals surface area contributed by atoms with Gasteiger partial charge in [0.15, 0.2) is 0 Å². The zero-order chi connectivity index (χ0) is 20.9. The lowest BCUT2D eigenvalue weighted by Gasteiger charge is -2.28. The molecule has 3 aromatic rings. The summed E-state index contributed by atoms with van der Waals surface area (Å²) in [6.45, 7) is 4.39. The molecule has 0 aliphatic heterocycles. The van der Waals surface area contributed by atoms with Crippen molar-refractivity contribution < 1.29 is 9.59 Å². The summed E-state index contributed by atoms with van der Waals surface area (Å²) in [5, 5.41) is 4.09. The van der Waals surface area contributed by atoms with Gasteiger partial charge in [-0.05, 0) is 56.0 Å². The molecular formula is C23H28N4O2. The molecule has 0 radical (unpaired) electrons. The summed E-state index contributed by atoms with van der Waals surface area (Å²) in [6.07, 6.45) is 6.88. The van der Waals surface area contributed by atoms with Crippen molar-refractivity contribution in [3.8, 4) is 0 Å². The van der Waals surface area contributed by atoms with Crippen molar-refractivity contribution in [1.82, 2.24) is 20.2 Å². The number of hydrogen-bond donors (Lipinski definition) is 2. The van der Waals surface area contributed by atoms with Crippen LogP contribution in [0.5, 0.6) is 0 Å². The number of carbonyl (C=O) groups excluding carboxylic acids is 2. The Balaban J connectivity index is 1.52. The van der Waals surface area contributed by atoms with Gasteiger partial charge in [-0.2, -0.15) is 0 Å². The Bertz CT molecular complexity index is 979. The fraction of sp³-hybridized carbons (Fsp3) is 0.348. The molecule has 0 saturated heterocycles. The van der Waals surface area contributed by atoms with E-state index in [1.54, 1.807) is 38.2 Å². The number of para-hydroxylation sites is 1. The Morgan fingerprint density at radius 3 is 2.59 bits per heavy atom. The summed E-state index contributed by atoms with van der Waals surface area (Å²) >= 11 is 0. The highest BCUT2D eigenvalue weighted by Gasteiger charge is 2.37. The molecule has 0 spiro atoms.